The Bertz CT molecular complexity index is 871. The Hall–Kier alpha value is -2.34. The summed E-state index contributed by atoms with van der Waals surface area (Å²) in [7, 11) is 0. The molecule has 2 fully saturated rings. The van der Waals surface area contributed by atoms with Crippen LogP contribution in [0.25, 0.3) is 0 Å². The number of hydrogen-bond acceptors (Lipinski definition) is 4. The molecule has 1 spiro atoms. The second-order valence-corrected chi connectivity index (χ2v) is 7.93. The lowest BCUT2D eigenvalue weighted by molar-refractivity contribution is -0.117. The number of hydrogen-bond donors (Lipinski definition) is 1. The summed E-state index contributed by atoms with van der Waals surface area (Å²) in [5, 5.41) is 7.68. The van der Waals surface area contributed by atoms with Gasteiger partial charge in [0.25, 0.3) is 0 Å². The maximum absolute atomic E-state index is 13.0. The number of carbonyl (C=O) groups excluding carboxylic acids is 1. The predicted octanol–water partition coefficient (Wildman–Crippen LogP) is 3.22. The topological polar surface area (TPSA) is 65.4 Å². The molecule has 6 nitrogen and oxygen atoms in total. The van der Waals surface area contributed by atoms with Gasteiger partial charge in [-0.2, -0.15) is 5.10 Å². The molecule has 1 amide bonds. The van der Waals surface area contributed by atoms with Crippen LogP contribution < -0.4 is 10.1 Å². The Morgan fingerprint density at radius 1 is 1.26 bits per heavy atom. The van der Waals surface area contributed by atoms with Crippen LogP contribution in [0.2, 0.25) is 0 Å². The molecule has 0 bridgehead atoms. The maximum atomic E-state index is 13.0. The molecule has 2 atom stereocenters. The third kappa shape index (κ3) is 2.74. The number of ether oxygens (including phenoxy) is 2. The van der Waals surface area contributed by atoms with Crippen LogP contribution >= 0.6 is 0 Å². The summed E-state index contributed by atoms with van der Waals surface area (Å²) in [5.74, 6) is 1.04. The lowest BCUT2D eigenvalue weighted by Gasteiger charge is -2.26. The predicted molar refractivity (Wildman–Crippen MR) is 101 cm³/mol. The lowest BCUT2D eigenvalue weighted by atomic mass is 9.87. The van der Waals surface area contributed by atoms with E-state index in [1.54, 1.807) is 6.20 Å². The first-order valence-electron chi connectivity index (χ1n) is 9.84. The van der Waals surface area contributed by atoms with Crippen molar-refractivity contribution in [2.24, 2.45) is 5.92 Å². The second kappa shape index (κ2) is 6.37. The number of anilines is 1. The van der Waals surface area contributed by atoms with E-state index in [0.717, 1.165) is 56.0 Å². The molecule has 2 unspecified atom stereocenters. The van der Waals surface area contributed by atoms with Crippen LogP contribution in [0.15, 0.2) is 30.5 Å². The van der Waals surface area contributed by atoms with E-state index in [-0.39, 0.29) is 17.2 Å². The Morgan fingerprint density at radius 3 is 2.93 bits per heavy atom. The van der Waals surface area contributed by atoms with E-state index < -0.39 is 0 Å². The van der Waals surface area contributed by atoms with Gasteiger partial charge in [-0.25, -0.2) is 0 Å². The number of aromatic nitrogens is 2. The van der Waals surface area contributed by atoms with Crippen molar-refractivity contribution in [1.29, 1.82) is 0 Å². The van der Waals surface area contributed by atoms with E-state index in [4.69, 9.17) is 9.47 Å². The van der Waals surface area contributed by atoms with Crippen molar-refractivity contribution in [3.8, 4) is 5.75 Å². The molecule has 1 aromatic heterocycles. The van der Waals surface area contributed by atoms with Crippen LogP contribution in [0.1, 0.15) is 43.0 Å². The summed E-state index contributed by atoms with van der Waals surface area (Å²) in [6, 6.07) is 8.49. The largest absolute Gasteiger partial charge is 0.493 e. The molecule has 5 rings (SSSR count). The van der Waals surface area contributed by atoms with Gasteiger partial charge in [0.05, 0.1) is 30.2 Å². The number of fused-ring (bicyclic) bond motifs is 2. The van der Waals surface area contributed by atoms with Crippen molar-refractivity contribution in [2.75, 3.05) is 25.1 Å². The van der Waals surface area contributed by atoms with E-state index in [1.165, 1.54) is 5.56 Å². The number of para-hydroxylation sites is 1. The molecule has 1 saturated carbocycles. The molecule has 1 aromatic carbocycles. The first-order valence-corrected chi connectivity index (χ1v) is 9.84. The first-order chi connectivity index (χ1) is 13.2. The quantitative estimate of drug-likeness (QED) is 0.905. The zero-order valence-electron chi connectivity index (χ0n) is 15.6. The number of amides is 1. The standard InChI is InChI=1S/C21H25N3O3/c1-14-18(13-22-24(14)15-6-9-26-10-7-15)23-20(25)17-12-21(17)8-11-27-19-5-3-2-4-16(19)21/h2-5,13,15,17H,6-12H2,1H3,(H,23,25). The van der Waals surface area contributed by atoms with Crippen molar-refractivity contribution in [1.82, 2.24) is 9.78 Å². The second-order valence-electron chi connectivity index (χ2n) is 7.93. The van der Waals surface area contributed by atoms with E-state index in [2.05, 4.69) is 16.5 Å². The fourth-order valence-corrected chi connectivity index (χ4v) is 4.77. The van der Waals surface area contributed by atoms with Gasteiger partial charge in [0.1, 0.15) is 5.75 Å². The SMILES string of the molecule is Cc1c(NC(=O)C2CC23CCOc2ccccc23)cnn1C1CCOCC1. The number of nitrogens with one attached hydrogen (secondary N) is 1. The fraction of sp³-hybridized carbons (Fsp3) is 0.524. The number of rotatable bonds is 3. The van der Waals surface area contributed by atoms with Crippen LogP contribution in [0.4, 0.5) is 5.69 Å². The molecule has 3 heterocycles. The summed E-state index contributed by atoms with van der Waals surface area (Å²) < 4.78 is 13.3. The van der Waals surface area contributed by atoms with Crippen LogP contribution in [-0.4, -0.2) is 35.5 Å². The minimum atomic E-state index is -0.0520. The van der Waals surface area contributed by atoms with Crippen LogP contribution in [-0.2, 0) is 14.9 Å². The molecule has 27 heavy (non-hydrogen) atoms. The van der Waals surface area contributed by atoms with Gasteiger partial charge in [0.15, 0.2) is 0 Å². The van der Waals surface area contributed by atoms with Crippen LogP contribution in [0.3, 0.4) is 0 Å². The third-order valence-corrected chi connectivity index (χ3v) is 6.46. The molecule has 0 radical (unpaired) electrons. The molecular formula is C21H25N3O3. The van der Waals surface area contributed by atoms with Gasteiger partial charge >= 0.3 is 0 Å². The average Bonchev–Trinajstić information content (AvgIpc) is 3.31. The molecule has 1 aliphatic carbocycles. The average molecular weight is 367 g/mol. The van der Waals surface area contributed by atoms with Gasteiger partial charge in [-0.05, 0) is 38.7 Å². The molecule has 2 aromatic rings. The van der Waals surface area contributed by atoms with E-state index >= 15 is 0 Å². The summed E-state index contributed by atoms with van der Waals surface area (Å²) >= 11 is 0. The molecule has 1 saturated heterocycles. The van der Waals surface area contributed by atoms with Crippen LogP contribution in [0, 0.1) is 12.8 Å². The fourth-order valence-electron chi connectivity index (χ4n) is 4.77. The monoisotopic (exact) mass is 367 g/mol. The highest BCUT2D eigenvalue weighted by Gasteiger charge is 2.61. The minimum absolute atomic E-state index is 0.00776. The zero-order valence-corrected chi connectivity index (χ0v) is 15.6. The van der Waals surface area contributed by atoms with Crippen molar-refractivity contribution in [3.63, 3.8) is 0 Å². The molecule has 2 aliphatic heterocycles. The van der Waals surface area contributed by atoms with E-state index in [1.807, 2.05) is 29.8 Å². The molecule has 6 heteroatoms. The Labute approximate surface area is 158 Å². The Morgan fingerprint density at radius 2 is 2.07 bits per heavy atom. The minimum Gasteiger partial charge on any atom is -0.493 e. The van der Waals surface area contributed by atoms with E-state index in [0.29, 0.717) is 12.6 Å². The maximum Gasteiger partial charge on any atom is 0.228 e. The Kier molecular flexibility index (Phi) is 3.97. The highest BCUT2D eigenvalue weighted by molar-refractivity contribution is 5.96. The zero-order chi connectivity index (χ0) is 18.4. The van der Waals surface area contributed by atoms with Gasteiger partial charge in [-0.3, -0.25) is 9.48 Å². The summed E-state index contributed by atoms with van der Waals surface area (Å²) in [6.07, 6.45) is 5.53. The number of benzene rings is 1. The normalized spacial score (nSPS) is 27.1. The van der Waals surface area contributed by atoms with Gasteiger partial charge in [0.2, 0.25) is 5.91 Å². The van der Waals surface area contributed by atoms with Crippen molar-refractivity contribution < 1.29 is 14.3 Å². The molecular weight excluding hydrogens is 342 g/mol. The molecule has 142 valence electrons. The van der Waals surface area contributed by atoms with Gasteiger partial charge in [-0.1, -0.05) is 18.2 Å². The van der Waals surface area contributed by atoms with Gasteiger partial charge in [-0.15, -0.1) is 0 Å². The van der Waals surface area contributed by atoms with Crippen molar-refractivity contribution in [3.05, 3.63) is 41.7 Å². The van der Waals surface area contributed by atoms with Gasteiger partial charge in [0, 0.05) is 30.1 Å². The first kappa shape index (κ1) is 16.8. The third-order valence-electron chi connectivity index (χ3n) is 6.46. The van der Waals surface area contributed by atoms with Gasteiger partial charge < -0.3 is 14.8 Å². The highest BCUT2D eigenvalue weighted by Crippen LogP contribution is 2.60. The van der Waals surface area contributed by atoms with Crippen molar-refractivity contribution >= 4 is 11.6 Å². The smallest absolute Gasteiger partial charge is 0.228 e. The number of carbonyl (C=O) groups is 1. The summed E-state index contributed by atoms with van der Waals surface area (Å²) in [5.41, 5.74) is 2.99. The number of nitrogens with zero attached hydrogens (tertiary/aromatic N) is 2. The van der Waals surface area contributed by atoms with Crippen molar-refractivity contribution in [2.45, 2.75) is 44.1 Å². The Balaban J connectivity index is 1.32. The summed E-state index contributed by atoms with van der Waals surface area (Å²) in [6.45, 7) is 4.27. The molecule has 1 N–H and O–H groups in total. The summed E-state index contributed by atoms with van der Waals surface area (Å²) in [4.78, 5) is 13.0. The van der Waals surface area contributed by atoms with Crippen LogP contribution in [0.5, 0.6) is 5.75 Å². The lowest BCUT2D eigenvalue weighted by Crippen LogP contribution is -2.26. The highest BCUT2D eigenvalue weighted by atomic mass is 16.5. The van der Waals surface area contributed by atoms with E-state index in [9.17, 15) is 4.79 Å². The molecule has 3 aliphatic rings.